The summed E-state index contributed by atoms with van der Waals surface area (Å²) in [5.74, 6) is -0.931. The number of carbonyl (C=O) groups is 4. The van der Waals surface area contributed by atoms with Crippen molar-refractivity contribution in [1.29, 1.82) is 0 Å². The molecule has 0 bridgehead atoms. The zero-order chi connectivity index (χ0) is 41.9. The Labute approximate surface area is 347 Å². The van der Waals surface area contributed by atoms with Crippen LogP contribution in [0.25, 0.3) is 11.1 Å². The Balaban J connectivity index is 0.00000189. The van der Waals surface area contributed by atoms with Crippen LogP contribution in [0.5, 0.6) is 0 Å². The highest BCUT2D eigenvalue weighted by Gasteiger charge is 2.37. The average Bonchev–Trinajstić information content (AvgIpc) is 3.54. The first-order valence-electron chi connectivity index (χ1n) is 21.7. The number of fused-ring (bicyclic) bond motifs is 2. The number of nitrogens with one attached hydrogen (secondary N) is 2. The molecule has 4 aliphatic rings. The largest absolute Gasteiger partial charge is 0.466 e. The smallest absolute Gasteiger partial charge is 0.417 e. The Kier molecular flexibility index (Phi) is 15.5. The number of anilines is 1. The maximum absolute atomic E-state index is 14.3. The maximum atomic E-state index is 14.3. The first kappa shape index (κ1) is 43.7. The van der Waals surface area contributed by atoms with Crippen molar-refractivity contribution < 1.29 is 33.1 Å². The van der Waals surface area contributed by atoms with Crippen molar-refractivity contribution in [2.75, 3.05) is 77.4 Å². The summed E-state index contributed by atoms with van der Waals surface area (Å²) in [6.07, 6.45) is 4.60. The van der Waals surface area contributed by atoms with Gasteiger partial charge >= 0.3 is 23.8 Å². The van der Waals surface area contributed by atoms with Crippen LogP contribution in [0.3, 0.4) is 0 Å². The van der Waals surface area contributed by atoms with E-state index in [1.165, 1.54) is 6.42 Å². The van der Waals surface area contributed by atoms with Crippen LogP contribution in [-0.2, 0) is 31.9 Å². The van der Waals surface area contributed by atoms with Crippen LogP contribution in [0.4, 0.5) is 15.3 Å². The normalized spacial score (nSPS) is 19.0. The van der Waals surface area contributed by atoms with Crippen LogP contribution in [0.1, 0.15) is 82.4 Å². The van der Waals surface area contributed by atoms with Gasteiger partial charge in [0.25, 0.3) is 5.91 Å². The molecule has 2 N–H and O–H groups in total. The fraction of sp³-hybridized carbons (Fsp3) is 0.614. The lowest BCUT2D eigenvalue weighted by Crippen LogP contribution is -2.55. The summed E-state index contributed by atoms with van der Waals surface area (Å²) in [6.45, 7) is 15.4. The van der Waals surface area contributed by atoms with Crippen molar-refractivity contribution in [2.24, 2.45) is 0 Å². The summed E-state index contributed by atoms with van der Waals surface area (Å²) in [4.78, 5) is 78.0. The Hall–Kier alpha value is -4.89. The topological polar surface area (TPSA) is 161 Å². The summed E-state index contributed by atoms with van der Waals surface area (Å²) in [6, 6.07) is 11.7. The molecule has 59 heavy (non-hydrogen) atoms. The van der Waals surface area contributed by atoms with Crippen LogP contribution >= 0.6 is 0 Å². The van der Waals surface area contributed by atoms with Gasteiger partial charge in [-0.05, 0) is 74.3 Å². The molecule has 15 nitrogen and oxygen atoms in total. The number of amides is 4. The molecule has 15 heteroatoms. The van der Waals surface area contributed by atoms with E-state index in [0.29, 0.717) is 82.3 Å². The van der Waals surface area contributed by atoms with Crippen LogP contribution < -0.4 is 11.1 Å². The quantitative estimate of drug-likeness (QED) is 0.240. The summed E-state index contributed by atoms with van der Waals surface area (Å²) in [7, 11) is 0. The Morgan fingerprint density at radius 1 is 0.864 bits per heavy atom. The lowest BCUT2D eigenvalue weighted by Gasteiger charge is -2.43. The van der Waals surface area contributed by atoms with E-state index in [9.17, 15) is 24.0 Å². The molecule has 0 aliphatic carbocycles. The van der Waals surface area contributed by atoms with Gasteiger partial charge in [0, 0.05) is 89.6 Å². The van der Waals surface area contributed by atoms with E-state index in [0.717, 1.165) is 74.2 Å². The van der Waals surface area contributed by atoms with Crippen molar-refractivity contribution in [1.82, 2.24) is 29.5 Å². The van der Waals surface area contributed by atoms with Crippen molar-refractivity contribution in [2.45, 2.75) is 104 Å². The number of aryl methyl sites for hydroxylation is 1. The molecule has 2 aromatic carbocycles. The monoisotopic (exact) mass is 817 g/mol. The number of esters is 1. The first-order chi connectivity index (χ1) is 28.6. The lowest BCUT2D eigenvalue weighted by atomic mass is 9.99. The second-order valence-corrected chi connectivity index (χ2v) is 16.2. The van der Waals surface area contributed by atoms with Gasteiger partial charge in [0.05, 0.1) is 18.5 Å². The number of hydrogen-bond acceptors (Lipinski definition) is 10. The number of aromatic nitrogens is 1. The van der Waals surface area contributed by atoms with Gasteiger partial charge in [-0.2, -0.15) is 0 Å². The number of likely N-dealkylation sites (tertiary alicyclic amines) is 2. The molecule has 7 rings (SSSR count). The number of hydrogen-bond donors (Lipinski definition) is 2. The highest BCUT2D eigenvalue weighted by Crippen LogP contribution is 2.27. The number of carbonyl (C=O) groups excluding carboxylic acids is 4. The van der Waals surface area contributed by atoms with E-state index in [1.54, 1.807) is 11.0 Å². The molecule has 0 radical (unpaired) electrons. The van der Waals surface area contributed by atoms with E-state index in [2.05, 4.69) is 33.9 Å². The minimum absolute atomic E-state index is 0.0184. The molecule has 5 heterocycles. The van der Waals surface area contributed by atoms with Gasteiger partial charge in [0.15, 0.2) is 11.7 Å². The number of H-pyrrole nitrogens is 1. The number of benzene rings is 2. The second kappa shape index (κ2) is 20.9. The molecular weight excluding hydrogens is 755 g/mol. The standard InChI is InChI=1S/C41H55N7O8.C3H8/c1-3-24-54-36(49)13-14-44-20-22-45(23-21-44)31-9-15-46(16-10-31)38(50)35(27-29-25-28(2)37-34(26-29)55-40(52)43-37)56-41(53)47-17-11-32(12-18-47)48-19-8-30-6-4-5-7-33(30)42-39(48)51;1-3-2/h4-7,25-26,31-32,35H,3,8-24,27H2,1-2H3,(H,42,51)(H,43,52);3H2,1-2H3/t35-;/m1./s1. The Morgan fingerprint density at radius 2 is 1.54 bits per heavy atom. The van der Waals surface area contributed by atoms with Crippen molar-refractivity contribution in [3.63, 3.8) is 0 Å². The third-order valence-electron chi connectivity index (χ3n) is 11.8. The van der Waals surface area contributed by atoms with Gasteiger partial charge in [-0.25, -0.2) is 14.4 Å². The zero-order valence-corrected chi connectivity index (χ0v) is 35.3. The Bertz CT molecular complexity index is 1940. The summed E-state index contributed by atoms with van der Waals surface area (Å²) in [5.41, 5.74) is 4.45. The van der Waals surface area contributed by atoms with Gasteiger partial charge < -0.3 is 38.8 Å². The molecule has 3 saturated heterocycles. The van der Waals surface area contributed by atoms with Crippen LogP contribution in [0.15, 0.2) is 45.6 Å². The number of rotatable bonds is 11. The molecule has 3 aromatic rings. The second-order valence-electron chi connectivity index (χ2n) is 16.2. The predicted octanol–water partition coefficient (Wildman–Crippen LogP) is 5.40. The number of urea groups is 1. The molecule has 4 amide bonds. The summed E-state index contributed by atoms with van der Waals surface area (Å²) < 4.78 is 16.7. The highest BCUT2D eigenvalue weighted by atomic mass is 16.6. The summed E-state index contributed by atoms with van der Waals surface area (Å²) in [5, 5.41) is 3.04. The molecular formula is C44H63N7O8. The number of piperidine rings is 2. The van der Waals surface area contributed by atoms with Crippen molar-refractivity contribution in [3.8, 4) is 0 Å². The lowest BCUT2D eigenvalue weighted by molar-refractivity contribution is -0.144. The molecule has 0 saturated carbocycles. The number of nitrogens with zero attached hydrogens (tertiary/aromatic N) is 5. The number of piperazine rings is 1. The molecule has 0 spiro atoms. The van der Waals surface area contributed by atoms with Crippen molar-refractivity contribution in [3.05, 3.63) is 63.6 Å². The molecule has 4 aliphatic heterocycles. The van der Waals surface area contributed by atoms with Gasteiger partial charge in [-0.1, -0.05) is 51.5 Å². The van der Waals surface area contributed by atoms with Crippen LogP contribution in [0.2, 0.25) is 0 Å². The minimum Gasteiger partial charge on any atom is -0.466 e. The first-order valence-corrected chi connectivity index (χ1v) is 21.7. The minimum atomic E-state index is -1.07. The number of ether oxygens (including phenoxy) is 2. The van der Waals surface area contributed by atoms with E-state index >= 15 is 0 Å². The summed E-state index contributed by atoms with van der Waals surface area (Å²) >= 11 is 0. The Morgan fingerprint density at radius 3 is 2.25 bits per heavy atom. The van der Waals surface area contributed by atoms with Gasteiger partial charge in [0.2, 0.25) is 0 Å². The van der Waals surface area contributed by atoms with Gasteiger partial charge in [-0.15, -0.1) is 0 Å². The van der Waals surface area contributed by atoms with Crippen molar-refractivity contribution >= 4 is 40.8 Å². The molecule has 1 aromatic heterocycles. The SMILES string of the molecule is CCC.CCCOC(=O)CCN1CCN(C2CCN(C(=O)[C@@H](Cc3cc(C)c4[nH]c(=O)oc4c3)OC(=O)N3CCC(N4CCc5ccccc5NC4=O)CC3)CC2)CC1. The fourth-order valence-corrected chi connectivity index (χ4v) is 8.65. The molecule has 1 atom stereocenters. The van der Waals surface area contributed by atoms with E-state index < -0.39 is 18.0 Å². The fourth-order valence-electron chi connectivity index (χ4n) is 8.65. The zero-order valence-electron chi connectivity index (χ0n) is 35.3. The maximum Gasteiger partial charge on any atom is 0.417 e. The van der Waals surface area contributed by atoms with E-state index in [4.69, 9.17) is 13.9 Å². The number of aromatic amines is 1. The van der Waals surface area contributed by atoms with Crippen LogP contribution in [0, 0.1) is 6.92 Å². The van der Waals surface area contributed by atoms with Crippen LogP contribution in [-0.4, -0.2) is 144 Å². The number of para-hydroxylation sites is 1. The molecule has 322 valence electrons. The predicted molar refractivity (Wildman–Crippen MR) is 225 cm³/mol. The molecule has 3 fully saturated rings. The highest BCUT2D eigenvalue weighted by molar-refractivity contribution is 5.91. The average molecular weight is 818 g/mol. The number of oxazole rings is 1. The third-order valence-corrected chi connectivity index (χ3v) is 11.8. The van der Waals surface area contributed by atoms with Gasteiger partial charge in [0.1, 0.15) is 0 Å². The molecule has 0 unspecified atom stereocenters. The van der Waals surface area contributed by atoms with E-state index in [1.807, 2.05) is 54.0 Å². The van der Waals surface area contributed by atoms with Gasteiger partial charge in [-0.3, -0.25) is 19.5 Å². The third kappa shape index (κ3) is 11.4. The van der Waals surface area contributed by atoms with E-state index in [-0.39, 0.29) is 30.4 Å².